The van der Waals surface area contributed by atoms with Crippen molar-refractivity contribution in [2.45, 2.75) is 25.8 Å². The smallest absolute Gasteiger partial charge is 0.220 e. The zero-order chi connectivity index (χ0) is 14.5. The molecular weight excluding hydrogens is 295 g/mol. The van der Waals surface area contributed by atoms with Crippen LogP contribution in [0.15, 0.2) is 18.2 Å². The number of nitrogens with zero attached hydrogens (tertiary/aromatic N) is 1. The van der Waals surface area contributed by atoms with Crippen molar-refractivity contribution in [1.82, 2.24) is 10.2 Å². The van der Waals surface area contributed by atoms with Crippen molar-refractivity contribution < 1.29 is 4.79 Å². The summed E-state index contributed by atoms with van der Waals surface area (Å²) in [5.74, 6) is 0.630. The number of benzene rings is 1. The molecule has 1 aliphatic heterocycles. The maximum atomic E-state index is 11.4. The van der Waals surface area contributed by atoms with E-state index < -0.39 is 0 Å². The van der Waals surface area contributed by atoms with E-state index in [0.29, 0.717) is 12.3 Å². The van der Waals surface area contributed by atoms with Gasteiger partial charge in [0.25, 0.3) is 0 Å². The van der Waals surface area contributed by atoms with Crippen LogP contribution >= 0.6 is 23.2 Å². The lowest BCUT2D eigenvalue weighted by Gasteiger charge is -2.32. The molecule has 3 nitrogen and oxygen atoms in total. The van der Waals surface area contributed by atoms with Gasteiger partial charge >= 0.3 is 0 Å². The van der Waals surface area contributed by atoms with E-state index in [1.54, 1.807) is 7.05 Å². The fraction of sp³-hybridized carbons (Fsp3) is 0.533. The van der Waals surface area contributed by atoms with Gasteiger partial charge in [0.1, 0.15) is 0 Å². The van der Waals surface area contributed by atoms with Crippen molar-refractivity contribution >= 4 is 29.1 Å². The van der Waals surface area contributed by atoms with Crippen LogP contribution < -0.4 is 5.32 Å². The van der Waals surface area contributed by atoms with Crippen LogP contribution in [0.2, 0.25) is 10.0 Å². The summed E-state index contributed by atoms with van der Waals surface area (Å²) in [6, 6.07) is 5.62. The van der Waals surface area contributed by atoms with E-state index in [9.17, 15) is 4.79 Å². The SMILES string of the molecule is CNC(=O)CC1CCN(Cc2c(Cl)cccc2Cl)CC1. The lowest BCUT2D eigenvalue weighted by atomic mass is 9.93. The molecule has 0 saturated carbocycles. The summed E-state index contributed by atoms with van der Waals surface area (Å²) in [4.78, 5) is 13.7. The van der Waals surface area contributed by atoms with Crippen molar-refractivity contribution in [3.63, 3.8) is 0 Å². The predicted octanol–water partition coefficient (Wildman–Crippen LogP) is 3.34. The molecule has 1 aromatic rings. The Hall–Kier alpha value is -0.770. The van der Waals surface area contributed by atoms with Crippen LogP contribution in [0.4, 0.5) is 0 Å². The van der Waals surface area contributed by atoms with Crippen molar-refractivity contribution in [2.24, 2.45) is 5.92 Å². The molecular formula is C15H20Cl2N2O. The maximum Gasteiger partial charge on any atom is 0.220 e. The van der Waals surface area contributed by atoms with Crippen LogP contribution in [0.25, 0.3) is 0 Å². The predicted molar refractivity (Wildman–Crippen MR) is 83.1 cm³/mol. The first-order chi connectivity index (χ1) is 9.60. The fourth-order valence-corrected chi connectivity index (χ4v) is 3.14. The summed E-state index contributed by atoms with van der Waals surface area (Å²) in [7, 11) is 1.69. The molecule has 1 fully saturated rings. The zero-order valence-corrected chi connectivity index (χ0v) is 13.2. The van der Waals surface area contributed by atoms with Crippen molar-refractivity contribution in [3.05, 3.63) is 33.8 Å². The second kappa shape index (κ2) is 7.30. The third-order valence-electron chi connectivity index (χ3n) is 3.90. The Bertz CT molecular complexity index is 451. The van der Waals surface area contributed by atoms with E-state index in [4.69, 9.17) is 23.2 Å². The van der Waals surface area contributed by atoms with Gasteiger partial charge in [-0.3, -0.25) is 9.69 Å². The topological polar surface area (TPSA) is 32.3 Å². The number of hydrogen-bond acceptors (Lipinski definition) is 2. The van der Waals surface area contributed by atoms with Crippen molar-refractivity contribution in [2.75, 3.05) is 20.1 Å². The molecule has 0 radical (unpaired) electrons. The Morgan fingerprint density at radius 1 is 1.30 bits per heavy atom. The fourth-order valence-electron chi connectivity index (χ4n) is 2.62. The Morgan fingerprint density at radius 3 is 2.45 bits per heavy atom. The highest BCUT2D eigenvalue weighted by Crippen LogP contribution is 2.28. The minimum Gasteiger partial charge on any atom is -0.359 e. The Morgan fingerprint density at radius 2 is 1.90 bits per heavy atom. The number of carbonyl (C=O) groups excluding carboxylic acids is 1. The minimum absolute atomic E-state index is 0.137. The Labute approximate surface area is 130 Å². The average molecular weight is 315 g/mol. The van der Waals surface area contributed by atoms with Gasteiger partial charge in [0, 0.05) is 35.6 Å². The number of likely N-dealkylation sites (tertiary alicyclic amines) is 1. The molecule has 0 bridgehead atoms. The largest absolute Gasteiger partial charge is 0.359 e. The molecule has 0 spiro atoms. The summed E-state index contributed by atoms with van der Waals surface area (Å²) in [6.07, 6.45) is 2.74. The quantitative estimate of drug-likeness (QED) is 0.924. The molecule has 110 valence electrons. The first-order valence-electron chi connectivity index (χ1n) is 6.96. The van der Waals surface area contributed by atoms with Gasteiger partial charge in [0.15, 0.2) is 0 Å². The summed E-state index contributed by atoms with van der Waals surface area (Å²) >= 11 is 12.4. The van der Waals surface area contributed by atoms with Gasteiger partial charge < -0.3 is 5.32 Å². The lowest BCUT2D eigenvalue weighted by Crippen LogP contribution is -2.35. The van der Waals surface area contributed by atoms with E-state index in [2.05, 4.69) is 10.2 Å². The molecule has 0 aromatic heterocycles. The molecule has 5 heteroatoms. The second-order valence-electron chi connectivity index (χ2n) is 5.30. The zero-order valence-electron chi connectivity index (χ0n) is 11.7. The first-order valence-corrected chi connectivity index (χ1v) is 7.71. The van der Waals surface area contributed by atoms with E-state index in [1.165, 1.54) is 0 Å². The maximum absolute atomic E-state index is 11.4. The highest BCUT2D eigenvalue weighted by atomic mass is 35.5. The van der Waals surface area contributed by atoms with E-state index in [-0.39, 0.29) is 5.91 Å². The molecule has 1 aromatic carbocycles. The van der Waals surface area contributed by atoms with Crippen LogP contribution in [0.1, 0.15) is 24.8 Å². The molecule has 1 saturated heterocycles. The van der Waals surface area contributed by atoms with E-state index in [1.807, 2.05) is 18.2 Å². The molecule has 1 N–H and O–H groups in total. The summed E-state index contributed by atoms with van der Waals surface area (Å²) in [6.45, 7) is 2.76. The van der Waals surface area contributed by atoms with Gasteiger partial charge in [-0.05, 0) is 44.0 Å². The third kappa shape index (κ3) is 4.11. The van der Waals surface area contributed by atoms with Gasteiger partial charge in [-0.25, -0.2) is 0 Å². The molecule has 1 amide bonds. The normalized spacial score (nSPS) is 17.1. The number of rotatable bonds is 4. The average Bonchev–Trinajstić information content (AvgIpc) is 2.44. The number of piperidine rings is 1. The van der Waals surface area contributed by atoms with Gasteiger partial charge in [-0.2, -0.15) is 0 Å². The van der Waals surface area contributed by atoms with E-state index in [0.717, 1.165) is 48.1 Å². The van der Waals surface area contributed by atoms with Crippen LogP contribution in [0.3, 0.4) is 0 Å². The van der Waals surface area contributed by atoms with Gasteiger partial charge in [0.2, 0.25) is 5.91 Å². The van der Waals surface area contributed by atoms with Gasteiger partial charge in [0.05, 0.1) is 0 Å². The summed E-state index contributed by atoms with van der Waals surface area (Å²) in [5.41, 5.74) is 1.00. The number of nitrogens with one attached hydrogen (secondary N) is 1. The van der Waals surface area contributed by atoms with Gasteiger partial charge in [-0.15, -0.1) is 0 Å². The molecule has 1 aliphatic rings. The Balaban J connectivity index is 1.87. The highest BCUT2D eigenvalue weighted by Gasteiger charge is 2.22. The molecule has 0 unspecified atom stereocenters. The number of amides is 1. The van der Waals surface area contributed by atoms with Crippen LogP contribution in [0.5, 0.6) is 0 Å². The van der Waals surface area contributed by atoms with Crippen LogP contribution in [0, 0.1) is 5.92 Å². The molecule has 0 atom stereocenters. The van der Waals surface area contributed by atoms with Crippen LogP contribution in [-0.4, -0.2) is 30.9 Å². The standard InChI is InChI=1S/C15H20Cl2N2O/c1-18-15(20)9-11-5-7-19(8-6-11)10-12-13(16)3-2-4-14(12)17/h2-4,11H,5-10H2,1H3,(H,18,20). The Kier molecular flexibility index (Phi) is 5.70. The number of halogens is 2. The first kappa shape index (κ1) is 15.6. The van der Waals surface area contributed by atoms with Crippen molar-refractivity contribution in [1.29, 1.82) is 0 Å². The number of hydrogen-bond donors (Lipinski definition) is 1. The molecule has 20 heavy (non-hydrogen) atoms. The number of carbonyl (C=O) groups is 1. The van der Waals surface area contributed by atoms with Crippen molar-refractivity contribution in [3.8, 4) is 0 Å². The second-order valence-corrected chi connectivity index (χ2v) is 6.11. The molecule has 1 heterocycles. The van der Waals surface area contributed by atoms with E-state index >= 15 is 0 Å². The monoisotopic (exact) mass is 314 g/mol. The highest BCUT2D eigenvalue weighted by molar-refractivity contribution is 6.35. The minimum atomic E-state index is 0.137. The van der Waals surface area contributed by atoms with Gasteiger partial charge in [-0.1, -0.05) is 29.3 Å². The third-order valence-corrected chi connectivity index (χ3v) is 4.61. The van der Waals surface area contributed by atoms with Crippen LogP contribution in [-0.2, 0) is 11.3 Å². The molecule has 0 aliphatic carbocycles. The summed E-state index contributed by atoms with van der Waals surface area (Å²) < 4.78 is 0. The lowest BCUT2D eigenvalue weighted by molar-refractivity contribution is -0.121. The molecule has 2 rings (SSSR count). The summed E-state index contributed by atoms with van der Waals surface area (Å²) in [5, 5.41) is 4.14.